The number of rotatable bonds is 4. The molecule has 2 aliphatic rings. The highest BCUT2D eigenvalue weighted by Crippen LogP contribution is 2.45. The van der Waals surface area contributed by atoms with E-state index >= 15 is 0 Å². The Morgan fingerprint density at radius 1 is 1.23 bits per heavy atom. The van der Waals surface area contributed by atoms with Crippen LogP contribution in [-0.2, 0) is 14.3 Å². The van der Waals surface area contributed by atoms with Gasteiger partial charge in [0.1, 0.15) is 5.92 Å². The van der Waals surface area contributed by atoms with Crippen molar-refractivity contribution in [3.8, 4) is 0 Å². The second-order valence-corrected chi connectivity index (χ2v) is 7.29. The zero-order chi connectivity index (χ0) is 18.8. The Labute approximate surface area is 163 Å². The van der Waals surface area contributed by atoms with Crippen molar-refractivity contribution >= 4 is 40.7 Å². The first kappa shape index (κ1) is 19.1. The molecule has 1 aromatic carbocycles. The lowest BCUT2D eigenvalue weighted by atomic mass is 9.71. The predicted molar refractivity (Wildman–Crippen MR) is 103 cm³/mol. The van der Waals surface area contributed by atoms with E-state index in [1.54, 1.807) is 19.1 Å². The van der Waals surface area contributed by atoms with E-state index in [9.17, 15) is 9.59 Å². The van der Waals surface area contributed by atoms with Gasteiger partial charge in [-0.15, -0.1) is 0 Å². The zero-order valence-corrected chi connectivity index (χ0v) is 16.4. The summed E-state index contributed by atoms with van der Waals surface area (Å²) in [5.74, 6) is -1.35. The Morgan fingerprint density at radius 3 is 2.65 bits per heavy atom. The second kappa shape index (κ2) is 7.93. The monoisotopic (exact) mass is 393 g/mol. The number of ether oxygens (including phenoxy) is 1. The highest BCUT2D eigenvalue weighted by Gasteiger charge is 2.43. The van der Waals surface area contributed by atoms with E-state index in [0.29, 0.717) is 28.5 Å². The first-order valence-electron chi connectivity index (χ1n) is 8.93. The average Bonchev–Trinajstić information content (AvgIpc) is 2.63. The molecule has 138 valence electrons. The van der Waals surface area contributed by atoms with Gasteiger partial charge in [-0.05, 0) is 43.9 Å². The molecule has 0 bridgehead atoms. The molecule has 0 radical (unpaired) electrons. The molecule has 6 heteroatoms. The van der Waals surface area contributed by atoms with Crippen molar-refractivity contribution in [3.05, 3.63) is 45.1 Å². The molecule has 1 heterocycles. The predicted octanol–water partition coefficient (Wildman–Crippen LogP) is 5.13. The third-order valence-electron chi connectivity index (χ3n) is 4.92. The van der Waals surface area contributed by atoms with Crippen molar-refractivity contribution < 1.29 is 14.3 Å². The fraction of sp³-hybridized carbons (Fsp3) is 0.450. The van der Waals surface area contributed by atoms with Gasteiger partial charge in [0, 0.05) is 29.3 Å². The number of carbonyl (C=O) groups excluding carboxylic acids is 2. The second-order valence-electron chi connectivity index (χ2n) is 6.47. The maximum Gasteiger partial charge on any atom is 0.315 e. The number of hydrogen-bond acceptors (Lipinski definition) is 4. The van der Waals surface area contributed by atoms with Gasteiger partial charge in [0.2, 0.25) is 0 Å². The minimum absolute atomic E-state index is 0.0514. The standard InChI is InChI=1S/C20H21Cl2NO3/c1-3-14-19(20(25)26-4-2)17(11-8-9-12(21)13(22)10-11)18-15(23-14)6-5-7-16(18)24/h8-10,17,19H,3-7H2,1-2H3/t17-,19?/m0/s1. The average molecular weight is 394 g/mol. The molecule has 1 unspecified atom stereocenters. The molecule has 0 spiro atoms. The molecule has 4 nitrogen and oxygen atoms in total. The first-order chi connectivity index (χ1) is 12.5. The normalized spacial score (nSPS) is 22.8. The summed E-state index contributed by atoms with van der Waals surface area (Å²) in [5.41, 5.74) is 2.98. The van der Waals surface area contributed by atoms with Crippen LogP contribution in [0.4, 0.5) is 0 Å². The van der Waals surface area contributed by atoms with E-state index in [4.69, 9.17) is 27.9 Å². The molecule has 3 rings (SSSR count). The minimum atomic E-state index is -0.613. The van der Waals surface area contributed by atoms with Crippen molar-refractivity contribution in [1.82, 2.24) is 0 Å². The van der Waals surface area contributed by atoms with E-state index in [0.717, 1.165) is 29.8 Å². The molecular formula is C20H21Cl2NO3. The fourth-order valence-corrected chi connectivity index (χ4v) is 4.09. The Hall–Kier alpha value is -1.65. The van der Waals surface area contributed by atoms with E-state index < -0.39 is 11.8 Å². The van der Waals surface area contributed by atoms with Gasteiger partial charge in [-0.1, -0.05) is 36.2 Å². The van der Waals surface area contributed by atoms with Crippen LogP contribution >= 0.6 is 23.2 Å². The maximum atomic E-state index is 12.8. The third kappa shape index (κ3) is 3.45. The summed E-state index contributed by atoms with van der Waals surface area (Å²) in [6.45, 7) is 4.02. The maximum absolute atomic E-state index is 12.8. The number of benzene rings is 1. The van der Waals surface area contributed by atoms with Crippen molar-refractivity contribution in [2.45, 2.75) is 45.4 Å². The van der Waals surface area contributed by atoms with E-state index in [1.165, 1.54) is 0 Å². The lowest BCUT2D eigenvalue weighted by molar-refractivity contribution is -0.146. The minimum Gasteiger partial charge on any atom is -0.465 e. The van der Waals surface area contributed by atoms with E-state index in [-0.39, 0.29) is 18.4 Å². The molecule has 1 aliphatic carbocycles. The number of halogens is 2. The van der Waals surface area contributed by atoms with Crippen molar-refractivity contribution in [3.63, 3.8) is 0 Å². The SMILES string of the molecule is CCOC(=O)C1C(CC)=NC2=C(C(=O)CCC2)[C@@H]1c1ccc(Cl)c(Cl)c1. The number of ketones is 1. The number of esters is 1. The lowest BCUT2D eigenvalue weighted by Gasteiger charge is -2.35. The van der Waals surface area contributed by atoms with Crippen LogP contribution in [0, 0.1) is 5.92 Å². The quantitative estimate of drug-likeness (QED) is 0.666. The molecule has 1 aromatic rings. The summed E-state index contributed by atoms with van der Waals surface area (Å²) in [7, 11) is 0. The molecule has 0 fully saturated rings. The van der Waals surface area contributed by atoms with Gasteiger partial charge < -0.3 is 4.74 Å². The molecule has 2 atom stereocenters. The van der Waals surface area contributed by atoms with Crippen molar-refractivity contribution in [1.29, 1.82) is 0 Å². The Balaban J connectivity index is 2.19. The molecule has 26 heavy (non-hydrogen) atoms. The van der Waals surface area contributed by atoms with E-state index in [2.05, 4.69) is 4.99 Å². The van der Waals surface area contributed by atoms with Crippen LogP contribution in [0.1, 0.15) is 51.0 Å². The Morgan fingerprint density at radius 2 is 2.00 bits per heavy atom. The van der Waals surface area contributed by atoms with Gasteiger partial charge in [0.15, 0.2) is 5.78 Å². The topological polar surface area (TPSA) is 55.7 Å². The highest BCUT2D eigenvalue weighted by atomic mass is 35.5. The molecule has 0 N–H and O–H groups in total. The van der Waals surface area contributed by atoms with Gasteiger partial charge in [0.05, 0.1) is 16.7 Å². The number of hydrogen-bond donors (Lipinski definition) is 0. The van der Waals surface area contributed by atoms with Crippen LogP contribution in [0.25, 0.3) is 0 Å². The van der Waals surface area contributed by atoms with Crippen molar-refractivity contribution in [2.24, 2.45) is 10.9 Å². The van der Waals surface area contributed by atoms with Crippen LogP contribution in [0.5, 0.6) is 0 Å². The van der Waals surface area contributed by atoms with Gasteiger partial charge in [0.25, 0.3) is 0 Å². The largest absolute Gasteiger partial charge is 0.465 e. The Kier molecular flexibility index (Phi) is 5.83. The van der Waals surface area contributed by atoms with Crippen LogP contribution < -0.4 is 0 Å². The molecule has 0 saturated carbocycles. The molecule has 0 saturated heterocycles. The highest BCUT2D eigenvalue weighted by molar-refractivity contribution is 6.42. The summed E-state index contributed by atoms with van der Waals surface area (Å²) < 4.78 is 5.32. The molecular weight excluding hydrogens is 373 g/mol. The molecule has 0 amide bonds. The van der Waals surface area contributed by atoms with Gasteiger partial charge in [-0.3, -0.25) is 14.6 Å². The van der Waals surface area contributed by atoms with E-state index in [1.807, 2.05) is 13.0 Å². The Bertz CT molecular complexity index is 813. The first-order valence-corrected chi connectivity index (χ1v) is 9.68. The summed E-state index contributed by atoms with van der Waals surface area (Å²) in [4.78, 5) is 30.2. The summed E-state index contributed by atoms with van der Waals surface area (Å²) in [6.07, 6.45) is 2.63. The number of Topliss-reactive ketones (excluding diaryl/α,β-unsaturated/α-hetero) is 1. The number of nitrogens with zero attached hydrogens (tertiary/aromatic N) is 1. The third-order valence-corrected chi connectivity index (χ3v) is 5.66. The number of carbonyl (C=O) groups is 2. The number of aliphatic imine (C=N–C) groups is 1. The summed E-state index contributed by atoms with van der Waals surface area (Å²) in [5, 5.41) is 0.838. The van der Waals surface area contributed by atoms with Gasteiger partial charge in [-0.25, -0.2) is 0 Å². The van der Waals surface area contributed by atoms with Crippen LogP contribution in [0.3, 0.4) is 0 Å². The summed E-state index contributed by atoms with van der Waals surface area (Å²) >= 11 is 12.3. The smallest absolute Gasteiger partial charge is 0.315 e. The lowest BCUT2D eigenvalue weighted by Crippen LogP contribution is -2.38. The van der Waals surface area contributed by atoms with Crippen LogP contribution in [0.15, 0.2) is 34.5 Å². The number of allylic oxidation sites excluding steroid dienone is 2. The van der Waals surface area contributed by atoms with Crippen LogP contribution in [0.2, 0.25) is 10.0 Å². The summed E-state index contributed by atoms with van der Waals surface area (Å²) in [6, 6.07) is 5.27. The van der Waals surface area contributed by atoms with Crippen LogP contribution in [-0.4, -0.2) is 24.1 Å². The van der Waals surface area contributed by atoms with Gasteiger partial charge >= 0.3 is 5.97 Å². The van der Waals surface area contributed by atoms with Gasteiger partial charge in [-0.2, -0.15) is 0 Å². The fourth-order valence-electron chi connectivity index (χ4n) is 3.79. The molecule has 0 aromatic heterocycles. The molecule has 1 aliphatic heterocycles. The van der Waals surface area contributed by atoms with Crippen molar-refractivity contribution in [2.75, 3.05) is 6.61 Å². The zero-order valence-electron chi connectivity index (χ0n) is 14.9.